The van der Waals surface area contributed by atoms with Crippen LogP contribution in [0.25, 0.3) is 0 Å². The second-order valence-electron chi connectivity index (χ2n) is 5.56. The lowest BCUT2D eigenvalue weighted by molar-refractivity contribution is -0.137. The van der Waals surface area contributed by atoms with Gasteiger partial charge in [-0.05, 0) is 31.9 Å². The van der Waals surface area contributed by atoms with Gasteiger partial charge in [-0.3, -0.25) is 4.79 Å². The summed E-state index contributed by atoms with van der Waals surface area (Å²) in [5.74, 6) is 0.239. The Bertz CT molecular complexity index is 460. The number of fused-ring (bicyclic) bond motifs is 1. The summed E-state index contributed by atoms with van der Waals surface area (Å²) in [6.07, 6.45) is 0.818. The third-order valence-electron chi connectivity index (χ3n) is 3.81. The molecule has 1 aliphatic heterocycles. The van der Waals surface area contributed by atoms with E-state index in [2.05, 4.69) is 31.3 Å². The monoisotopic (exact) mass is 276 g/mol. The molecule has 0 fully saturated rings. The molecule has 1 amide bonds. The van der Waals surface area contributed by atoms with Gasteiger partial charge in [0, 0.05) is 31.9 Å². The summed E-state index contributed by atoms with van der Waals surface area (Å²) in [5.41, 5.74) is 2.39. The van der Waals surface area contributed by atoms with Crippen molar-refractivity contribution in [2.24, 2.45) is 5.92 Å². The van der Waals surface area contributed by atoms with Crippen molar-refractivity contribution in [1.29, 1.82) is 0 Å². The van der Waals surface area contributed by atoms with Gasteiger partial charge in [-0.25, -0.2) is 0 Å². The third kappa shape index (κ3) is 3.31. The molecule has 110 valence electrons. The molecule has 1 N–H and O–H groups in total. The van der Waals surface area contributed by atoms with Gasteiger partial charge >= 0.3 is 0 Å². The molecule has 0 aromatic heterocycles. The fourth-order valence-electron chi connectivity index (χ4n) is 2.66. The maximum atomic E-state index is 12.7. The highest BCUT2D eigenvalue weighted by molar-refractivity contribution is 5.81. The number of ether oxygens (including phenoxy) is 1. The number of nitrogens with one attached hydrogen (secondary N) is 1. The maximum absolute atomic E-state index is 12.7. The van der Waals surface area contributed by atoms with Crippen molar-refractivity contribution in [1.82, 2.24) is 4.90 Å². The summed E-state index contributed by atoms with van der Waals surface area (Å²) in [4.78, 5) is 14.6. The first-order valence-electron chi connectivity index (χ1n) is 7.24. The fraction of sp³-hybridized carbons (Fsp3) is 0.562. The van der Waals surface area contributed by atoms with Gasteiger partial charge in [0.15, 0.2) is 0 Å². The molecule has 1 aliphatic rings. The van der Waals surface area contributed by atoms with Crippen LogP contribution in [-0.4, -0.2) is 43.7 Å². The van der Waals surface area contributed by atoms with Crippen molar-refractivity contribution >= 4 is 11.6 Å². The van der Waals surface area contributed by atoms with Crippen LogP contribution in [0.2, 0.25) is 0 Å². The van der Waals surface area contributed by atoms with Gasteiger partial charge in [-0.2, -0.15) is 0 Å². The number of methoxy groups -OCH3 is 1. The van der Waals surface area contributed by atoms with Gasteiger partial charge in [-0.1, -0.05) is 18.2 Å². The van der Waals surface area contributed by atoms with Gasteiger partial charge in [0.05, 0.1) is 12.5 Å². The predicted molar refractivity (Wildman–Crippen MR) is 80.9 cm³/mol. The number of carbonyl (C=O) groups excluding carboxylic acids is 1. The number of nitrogens with zero attached hydrogens (tertiary/aromatic N) is 1. The highest BCUT2D eigenvalue weighted by Gasteiger charge is 2.29. The highest BCUT2D eigenvalue weighted by atomic mass is 16.5. The minimum atomic E-state index is 0.0177. The summed E-state index contributed by atoms with van der Waals surface area (Å²) in [5, 5.41) is 3.36. The lowest BCUT2D eigenvalue weighted by Gasteiger charge is -2.33. The molecule has 0 saturated heterocycles. The predicted octanol–water partition coefficient (Wildman–Crippen LogP) is 2.15. The molecule has 2 rings (SSSR count). The molecule has 1 unspecified atom stereocenters. The summed E-state index contributed by atoms with van der Waals surface area (Å²) in [6.45, 7) is 6.06. The van der Waals surface area contributed by atoms with Crippen LogP contribution in [0, 0.1) is 5.92 Å². The van der Waals surface area contributed by atoms with E-state index in [4.69, 9.17) is 4.74 Å². The zero-order chi connectivity index (χ0) is 14.5. The molecular weight excluding hydrogens is 252 g/mol. The lowest BCUT2D eigenvalue weighted by atomic mass is 9.92. The Balaban J connectivity index is 2.06. The zero-order valence-corrected chi connectivity index (χ0v) is 12.6. The number of carbonyl (C=O) groups is 1. The van der Waals surface area contributed by atoms with Crippen LogP contribution in [0.4, 0.5) is 5.69 Å². The van der Waals surface area contributed by atoms with E-state index in [1.54, 1.807) is 7.11 Å². The van der Waals surface area contributed by atoms with E-state index < -0.39 is 0 Å². The Kier molecular flexibility index (Phi) is 5.01. The number of para-hydroxylation sites is 1. The fourth-order valence-corrected chi connectivity index (χ4v) is 2.66. The minimum absolute atomic E-state index is 0.0177. The molecular formula is C16H24N2O2. The summed E-state index contributed by atoms with van der Waals surface area (Å²) < 4.78 is 5.11. The average Bonchev–Trinajstić information content (AvgIpc) is 2.46. The van der Waals surface area contributed by atoms with Crippen LogP contribution in [-0.2, 0) is 16.0 Å². The molecule has 0 spiro atoms. The van der Waals surface area contributed by atoms with E-state index >= 15 is 0 Å². The normalized spacial score (nSPS) is 17.5. The number of anilines is 1. The van der Waals surface area contributed by atoms with Gasteiger partial charge in [0.25, 0.3) is 0 Å². The number of hydrogen-bond acceptors (Lipinski definition) is 3. The van der Waals surface area contributed by atoms with Crippen molar-refractivity contribution in [2.75, 3.05) is 32.1 Å². The summed E-state index contributed by atoms with van der Waals surface area (Å²) in [7, 11) is 1.67. The zero-order valence-electron chi connectivity index (χ0n) is 12.6. The van der Waals surface area contributed by atoms with E-state index in [-0.39, 0.29) is 17.9 Å². The average molecular weight is 276 g/mol. The Hall–Kier alpha value is -1.55. The molecule has 20 heavy (non-hydrogen) atoms. The number of hydrogen-bond donors (Lipinski definition) is 1. The Labute approximate surface area is 121 Å². The molecule has 4 nitrogen and oxygen atoms in total. The van der Waals surface area contributed by atoms with E-state index in [1.807, 2.05) is 17.0 Å². The van der Waals surface area contributed by atoms with Crippen molar-refractivity contribution in [2.45, 2.75) is 26.3 Å². The SMILES string of the molecule is COCCN(C(=O)C1CNc2ccccc2C1)C(C)C. The molecule has 1 atom stereocenters. The van der Waals surface area contributed by atoms with Crippen LogP contribution < -0.4 is 5.32 Å². The van der Waals surface area contributed by atoms with Crippen molar-refractivity contribution < 1.29 is 9.53 Å². The summed E-state index contributed by atoms with van der Waals surface area (Å²) >= 11 is 0. The number of benzene rings is 1. The second-order valence-corrected chi connectivity index (χ2v) is 5.56. The highest BCUT2D eigenvalue weighted by Crippen LogP contribution is 2.25. The standard InChI is InChI=1S/C16H24N2O2/c1-12(2)18(8-9-20-3)16(19)14-10-13-6-4-5-7-15(13)17-11-14/h4-7,12,14,17H,8-11H2,1-3H3. The lowest BCUT2D eigenvalue weighted by Crippen LogP contribution is -2.46. The quantitative estimate of drug-likeness (QED) is 0.896. The summed E-state index contributed by atoms with van der Waals surface area (Å²) in [6, 6.07) is 8.42. The molecule has 1 heterocycles. The van der Waals surface area contributed by atoms with Crippen LogP contribution >= 0.6 is 0 Å². The van der Waals surface area contributed by atoms with Gasteiger partial charge < -0.3 is 15.0 Å². The number of amides is 1. The van der Waals surface area contributed by atoms with Gasteiger partial charge in [-0.15, -0.1) is 0 Å². The molecule has 0 radical (unpaired) electrons. The van der Waals surface area contributed by atoms with Crippen LogP contribution in [0.5, 0.6) is 0 Å². The molecule has 0 bridgehead atoms. The molecule has 1 aromatic rings. The van der Waals surface area contributed by atoms with E-state index in [0.717, 1.165) is 12.1 Å². The molecule has 4 heteroatoms. The van der Waals surface area contributed by atoms with E-state index in [9.17, 15) is 4.79 Å². The largest absolute Gasteiger partial charge is 0.384 e. The van der Waals surface area contributed by atoms with Crippen LogP contribution in [0.1, 0.15) is 19.4 Å². The number of rotatable bonds is 5. The molecule has 1 aromatic carbocycles. The van der Waals surface area contributed by atoms with Crippen molar-refractivity contribution in [3.05, 3.63) is 29.8 Å². The van der Waals surface area contributed by atoms with Crippen molar-refractivity contribution in [3.63, 3.8) is 0 Å². The first kappa shape index (κ1) is 14.9. The Morgan fingerprint density at radius 1 is 1.45 bits per heavy atom. The first-order valence-corrected chi connectivity index (χ1v) is 7.24. The smallest absolute Gasteiger partial charge is 0.228 e. The minimum Gasteiger partial charge on any atom is -0.384 e. The third-order valence-corrected chi connectivity index (χ3v) is 3.81. The Morgan fingerprint density at radius 3 is 2.90 bits per heavy atom. The first-order chi connectivity index (χ1) is 9.63. The van der Waals surface area contributed by atoms with E-state index in [1.165, 1.54) is 5.56 Å². The maximum Gasteiger partial charge on any atom is 0.228 e. The van der Waals surface area contributed by atoms with E-state index in [0.29, 0.717) is 19.7 Å². The van der Waals surface area contributed by atoms with Gasteiger partial charge in [0.2, 0.25) is 5.91 Å². The molecule has 0 aliphatic carbocycles. The van der Waals surface area contributed by atoms with Crippen LogP contribution in [0.3, 0.4) is 0 Å². The van der Waals surface area contributed by atoms with Gasteiger partial charge in [0.1, 0.15) is 0 Å². The second kappa shape index (κ2) is 6.75. The Morgan fingerprint density at radius 2 is 2.20 bits per heavy atom. The molecule has 0 saturated carbocycles. The van der Waals surface area contributed by atoms with Crippen molar-refractivity contribution in [3.8, 4) is 0 Å². The van der Waals surface area contributed by atoms with Crippen LogP contribution in [0.15, 0.2) is 24.3 Å². The topological polar surface area (TPSA) is 41.6 Å².